The van der Waals surface area contributed by atoms with Gasteiger partial charge < -0.3 is 9.47 Å². The van der Waals surface area contributed by atoms with Crippen LogP contribution in [-0.4, -0.2) is 25.4 Å². The van der Waals surface area contributed by atoms with Crippen LogP contribution in [0.5, 0.6) is 0 Å². The second kappa shape index (κ2) is 5.06. The molecule has 4 atom stereocenters. The summed E-state index contributed by atoms with van der Waals surface area (Å²) >= 11 is 0. The zero-order valence-corrected chi connectivity index (χ0v) is 13.1. The van der Waals surface area contributed by atoms with E-state index in [4.69, 9.17) is 9.47 Å². The van der Waals surface area contributed by atoms with E-state index in [0.717, 1.165) is 12.8 Å². The van der Waals surface area contributed by atoms with Crippen LogP contribution in [0.3, 0.4) is 0 Å². The topological polar surface area (TPSA) is 18.5 Å². The van der Waals surface area contributed by atoms with Gasteiger partial charge in [-0.25, -0.2) is 0 Å². The molecule has 0 aromatic heterocycles. The molecule has 0 amide bonds. The van der Waals surface area contributed by atoms with Crippen molar-refractivity contribution >= 4 is 0 Å². The van der Waals surface area contributed by atoms with Crippen LogP contribution in [0.15, 0.2) is 23.8 Å². The van der Waals surface area contributed by atoms with E-state index in [0.29, 0.717) is 11.8 Å². The van der Waals surface area contributed by atoms with E-state index < -0.39 is 0 Å². The smallest absolute Gasteiger partial charge is 0.118 e. The molecule has 0 radical (unpaired) electrons. The zero-order chi connectivity index (χ0) is 14.3. The highest BCUT2D eigenvalue weighted by molar-refractivity contribution is 5.33. The van der Waals surface area contributed by atoms with Crippen LogP contribution in [0.25, 0.3) is 0 Å². The lowest BCUT2D eigenvalue weighted by atomic mass is 9.71. The highest BCUT2D eigenvalue weighted by atomic mass is 16.6. The Hall–Kier alpha value is -0.600. The van der Waals surface area contributed by atoms with E-state index in [1.165, 1.54) is 24.0 Å². The molecule has 2 heteroatoms. The molecule has 0 saturated heterocycles. The van der Waals surface area contributed by atoms with Gasteiger partial charge in [0.05, 0.1) is 0 Å². The standard InChI is InChI=1S/C17H28O2/c1-12(2)15-8-7-13(3)16(18-5)10-9-14(4)17(16,11-15)19-6/h9,13,15H,1,7-8,10-11H2,2-6H3/t13?,15?,16-,17-/m0/s1. The Kier molecular flexibility index (Phi) is 3.95. The molecular weight excluding hydrogens is 236 g/mol. The molecule has 2 nitrogen and oxygen atoms in total. The van der Waals surface area contributed by atoms with Gasteiger partial charge >= 0.3 is 0 Å². The molecule has 2 aliphatic rings. The highest BCUT2D eigenvalue weighted by Gasteiger charge is 2.60. The van der Waals surface area contributed by atoms with Gasteiger partial charge in [-0.1, -0.05) is 25.2 Å². The SMILES string of the molecule is C=C(C)C1CCC(C)[C@@]2(OC)CC=C(C)[C@@]2(OC)C1. The number of methoxy groups -OCH3 is 2. The van der Waals surface area contributed by atoms with Crippen molar-refractivity contribution in [2.24, 2.45) is 11.8 Å². The van der Waals surface area contributed by atoms with Crippen molar-refractivity contribution in [3.63, 3.8) is 0 Å². The van der Waals surface area contributed by atoms with E-state index in [-0.39, 0.29) is 11.2 Å². The normalized spacial score (nSPS) is 42.5. The molecule has 0 heterocycles. The van der Waals surface area contributed by atoms with Crippen LogP contribution in [-0.2, 0) is 9.47 Å². The lowest BCUT2D eigenvalue weighted by Crippen LogP contribution is -2.57. The first-order chi connectivity index (χ1) is 8.93. The van der Waals surface area contributed by atoms with Gasteiger partial charge in [-0.3, -0.25) is 0 Å². The number of ether oxygens (including phenoxy) is 2. The summed E-state index contributed by atoms with van der Waals surface area (Å²) in [6, 6.07) is 0. The second-order valence-electron chi connectivity index (χ2n) is 6.44. The number of rotatable bonds is 3. The minimum absolute atomic E-state index is 0.198. The number of allylic oxidation sites excluding steroid dienone is 1. The van der Waals surface area contributed by atoms with Crippen molar-refractivity contribution in [1.82, 2.24) is 0 Å². The summed E-state index contributed by atoms with van der Waals surface area (Å²) in [5.74, 6) is 1.02. The summed E-state index contributed by atoms with van der Waals surface area (Å²) in [5, 5.41) is 0. The van der Waals surface area contributed by atoms with Gasteiger partial charge in [0.15, 0.2) is 0 Å². The molecule has 0 aromatic carbocycles. The van der Waals surface area contributed by atoms with E-state index in [9.17, 15) is 0 Å². The average Bonchev–Trinajstić information content (AvgIpc) is 2.60. The van der Waals surface area contributed by atoms with Crippen LogP contribution >= 0.6 is 0 Å². The summed E-state index contributed by atoms with van der Waals surface area (Å²) < 4.78 is 12.2. The molecule has 1 fully saturated rings. The third-order valence-corrected chi connectivity index (χ3v) is 5.72. The molecule has 0 N–H and O–H groups in total. The summed E-state index contributed by atoms with van der Waals surface area (Å²) in [5.41, 5.74) is 2.13. The van der Waals surface area contributed by atoms with Gasteiger partial charge in [-0.15, -0.1) is 0 Å². The molecule has 0 bridgehead atoms. The largest absolute Gasteiger partial charge is 0.374 e. The van der Waals surface area contributed by atoms with Crippen LogP contribution < -0.4 is 0 Å². The lowest BCUT2D eigenvalue weighted by molar-refractivity contribution is -0.181. The summed E-state index contributed by atoms with van der Waals surface area (Å²) in [4.78, 5) is 0. The Morgan fingerprint density at radius 1 is 1.32 bits per heavy atom. The van der Waals surface area contributed by atoms with Crippen LogP contribution in [0, 0.1) is 11.8 Å². The molecule has 2 unspecified atom stereocenters. The van der Waals surface area contributed by atoms with Gasteiger partial charge in [0.25, 0.3) is 0 Å². The van der Waals surface area contributed by atoms with Gasteiger partial charge in [0.2, 0.25) is 0 Å². The summed E-state index contributed by atoms with van der Waals surface area (Å²) in [7, 11) is 3.68. The van der Waals surface area contributed by atoms with Gasteiger partial charge in [0, 0.05) is 14.2 Å². The van der Waals surface area contributed by atoms with E-state index in [1.54, 1.807) is 0 Å². The van der Waals surface area contributed by atoms with Crippen molar-refractivity contribution in [3.8, 4) is 0 Å². The van der Waals surface area contributed by atoms with Gasteiger partial charge in [-0.05, 0) is 56.9 Å². The molecule has 108 valence electrons. The Morgan fingerprint density at radius 3 is 2.53 bits per heavy atom. The van der Waals surface area contributed by atoms with Crippen LogP contribution in [0.2, 0.25) is 0 Å². The molecule has 1 saturated carbocycles. The predicted octanol–water partition coefficient (Wildman–Crippen LogP) is 4.12. The summed E-state index contributed by atoms with van der Waals surface area (Å²) in [6.45, 7) is 10.8. The van der Waals surface area contributed by atoms with Crippen molar-refractivity contribution in [2.45, 2.75) is 57.7 Å². The fourth-order valence-electron chi connectivity index (χ4n) is 4.32. The maximum absolute atomic E-state index is 6.11. The molecule has 2 aliphatic carbocycles. The molecule has 2 rings (SSSR count). The zero-order valence-electron chi connectivity index (χ0n) is 13.1. The maximum atomic E-state index is 6.11. The average molecular weight is 264 g/mol. The van der Waals surface area contributed by atoms with Crippen molar-refractivity contribution in [3.05, 3.63) is 23.8 Å². The van der Waals surface area contributed by atoms with Crippen LogP contribution in [0.4, 0.5) is 0 Å². The molecular formula is C17H28O2. The number of hydrogen-bond donors (Lipinski definition) is 0. The fraction of sp³-hybridized carbons (Fsp3) is 0.765. The first-order valence-electron chi connectivity index (χ1n) is 7.36. The van der Waals surface area contributed by atoms with E-state index in [2.05, 4.69) is 33.4 Å². The molecule has 19 heavy (non-hydrogen) atoms. The lowest BCUT2D eigenvalue weighted by Gasteiger charge is -2.48. The van der Waals surface area contributed by atoms with Crippen LogP contribution in [0.1, 0.15) is 46.5 Å². The third kappa shape index (κ3) is 1.92. The van der Waals surface area contributed by atoms with E-state index >= 15 is 0 Å². The quantitative estimate of drug-likeness (QED) is 0.714. The first kappa shape index (κ1) is 14.8. The second-order valence-corrected chi connectivity index (χ2v) is 6.44. The van der Waals surface area contributed by atoms with Crippen molar-refractivity contribution < 1.29 is 9.47 Å². The maximum Gasteiger partial charge on any atom is 0.118 e. The molecule has 0 aromatic rings. The fourth-order valence-corrected chi connectivity index (χ4v) is 4.32. The number of fused-ring (bicyclic) bond motifs is 1. The summed E-state index contributed by atoms with van der Waals surface area (Å²) in [6.07, 6.45) is 6.65. The first-order valence-corrected chi connectivity index (χ1v) is 7.36. The minimum atomic E-state index is -0.277. The predicted molar refractivity (Wildman–Crippen MR) is 79.2 cm³/mol. The van der Waals surface area contributed by atoms with E-state index in [1.807, 2.05) is 14.2 Å². The third-order valence-electron chi connectivity index (χ3n) is 5.72. The number of hydrogen-bond acceptors (Lipinski definition) is 2. The minimum Gasteiger partial charge on any atom is -0.374 e. The van der Waals surface area contributed by atoms with Crippen molar-refractivity contribution in [2.75, 3.05) is 14.2 Å². The molecule has 0 aliphatic heterocycles. The molecule has 0 spiro atoms. The Balaban J connectivity index is 2.50. The Labute approximate surface area is 117 Å². The van der Waals surface area contributed by atoms with Gasteiger partial charge in [0.1, 0.15) is 11.2 Å². The monoisotopic (exact) mass is 264 g/mol. The van der Waals surface area contributed by atoms with Crippen molar-refractivity contribution in [1.29, 1.82) is 0 Å². The van der Waals surface area contributed by atoms with Gasteiger partial charge in [-0.2, -0.15) is 0 Å². The Morgan fingerprint density at radius 2 is 2.00 bits per heavy atom. The highest BCUT2D eigenvalue weighted by Crippen LogP contribution is 2.55. The Bertz CT molecular complexity index is 398.